The molecule has 2 rings (SSSR count). The number of ether oxygens (including phenoxy) is 1. The van der Waals surface area contributed by atoms with Gasteiger partial charge >= 0.3 is 5.97 Å². The van der Waals surface area contributed by atoms with E-state index in [1.165, 1.54) is 19.2 Å². The molecule has 0 saturated carbocycles. The fraction of sp³-hybridized carbons (Fsp3) is 0.188. The minimum atomic E-state index is -0.775. The third-order valence-electron chi connectivity index (χ3n) is 3.01. The molecule has 0 aliphatic heterocycles. The number of hydrogen-bond donors (Lipinski definition) is 1. The van der Waals surface area contributed by atoms with Gasteiger partial charge in [0.1, 0.15) is 11.9 Å². The Labute approximate surface area is 127 Å². The van der Waals surface area contributed by atoms with E-state index in [1.807, 2.05) is 30.3 Å². The quantitative estimate of drug-likeness (QED) is 0.859. The molecule has 1 atom stereocenters. The Hall–Kier alpha value is -1.91. The monoisotopic (exact) mass is 307 g/mol. The van der Waals surface area contributed by atoms with Crippen LogP contribution in [0.4, 0.5) is 4.39 Å². The summed E-state index contributed by atoms with van der Waals surface area (Å²) in [6.45, 7) is 0.453. The molecular weight excluding hydrogens is 293 g/mol. The number of carbonyl (C=O) groups is 1. The van der Waals surface area contributed by atoms with Crippen molar-refractivity contribution in [2.24, 2.45) is 0 Å². The Bertz CT molecular complexity index is 599. The molecular formula is C16H15ClFNO2. The molecule has 0 fully saturated rings. The van der Waals surface area contributed by atoms with Crippen molar-refractivity contribution in [3.8, 4) is 0 Å². The van der Waals surface area contributed by atoms with Crippen molar-refractivity contribution < 1.29 is 13.9 Å². The zero-order valence-electron chi connectivity index (χ0n) is 11.5. The fourth-order valence-electron chi connectivity index (χ4n) is 2.01. The molecule has 0 spiro atoms. The molecule has 0 radical (unpaired) electrons. The van der Waals surface area contributed by atoms with Crippen LogP contribution in [0.15, 0.2) is 48.5 Å². The highest BCUT2D eigenvalue weighted by molar-refractivity contribution is 6.30. The van der Waals surface area contributed by atoms with Crippen molar-refractivity contribution in [2.75, 3.05) is 7.11 Å². The summed E-state index contributed by atoms with van der Waals surface area (Å²) in [5, 5.41) is 3.29. The normalized spacial score (nSPS) is 12.0. The SMILES string of the molecule is COC(=O)C(NCc1ccccc1)c1cc(F)cc(Cl)c1. The topological polar surface area (TPSA) is 38.3 Å². The highest BCUT2D eigenvalue weighted by atomic mass is 35.5. The highest BCUT2D eigenvalue weighted by Gasteiger charge is 2.22. The van der Waals surface area contributed by atoms with Gasteiger partial charge in [0.15, 0.2) is 0 Å². The van der Waals surface area contributed by atoms with Gasteiger partial charge in [-0.25, -0.2) is 9.18 Å². The zero-order valence-corrected chi connectivity index (χ0v) is 12.2. The van der Waals surface area contributed by atoms with Crippen LogP contribution in [0.5, 0.6) is 0 Å². The standard InChI is InChI=1S/C16H15ClFNO2/c1-21-16(20)15(12-7-13(17)9-14(18)8-12)19-10-11-5-3-2-4-6-11/h2-9,15,19H,10H2,1H3. The first kappa shape index (κ1) is 15.5. The summed E-state index contributed by atoms with van der Waals surface area (Å²) in [4.78, 5) is 11.9. The lowest BCUT2D eigenvalue weighted by molar-refractivity contribution is -0.143. The molecule has 110 valence electrons. The lowest BCUT2D eigenvalue weighted by atomic mass is 10.1. The van der Waals surface area contributed by atoms with E-state index in [9.17, 15) is 9.18 Å². The van der Waals surface area contributed by atoms with Crippen LogP contribution in [0.3, 0.4) is 0 Å². The first-order valence-electron chi connectivity index (χ1n) is 6.41. The number of carbonyl (C=O) groups excluding carboxylic acids is 1. The van der Waals surface area contributed by atoms with Gasteiger partial charge < -0.3 is 4.74 Å². The lowest BCUT2D eigenvalue weighted by Gasteiger charge is -2.17. The van der Waals surface area contributed by atoms with Crippen LogP contribution in [0.1, 0.15) is 17.2 Å². The molecule has 0 aromatic heterocycles. The van der Waals surface area contributed by atoms with E-state index in [0.29, 0.717) is 12.1 Å². The molecule has 21 heavy (non-hydrogen) atoms. The largest absolute Gasteiger partial charge is 0.468 e. The maximum absolute atomic E-state index is 13.5. The average Bonchev–Trinajstić information content (AvgIpc) is 2.47. The van der Waals surface area contributed by atoms with E-state index in [1.54, 1.807) is 6.07 Å². The van der Waals surface area contributed by atoms with E-state index < -0.39 is 17.8 Å². The van der Waals surface area contributed by atoms with Gasteiger partial charge in [-0.05, 0) is 29.3 Å². The number of hydrogen-bond acceptors (Lipinski definition) is 3. The van der Waals surface area contributed by atoms with Gasteiger partial charge in [0.2, 0.25) is 0 Å². The summed E-state index contributed by atoms with van der Waals surface area (Å²) in [5.74, 6) is -0.986. The van der Waals surface area contributed by atoms with Gasteiger partial charge in [-0.2, -0.15) is 0 Å². The molecule has 2 aromatic carbocycles. The summed E-state index contributed by atoms with van der Waals surface area (Å²) in [6.07, 6.45) is 0. The van der Waals surface area contributed by atoms with Gasteiger partial charge in [-0.3, -0.25) is 5.32 Å². The first-order chi connectivity index (χ1) is 10.1. The lowest BCUT2D eigenvalue weighted by Crippen LogP contribution is -2.29. The zero-order chi connectivity index (χ0) is 15.2. The number of esters is 1. The predicted octanol–water partition coefficient (Wildman–Crippen LogP) is 3.48. The van der Waals surface area contributed by atoms with E-state index in [2.05, 4.69) is 5.32 Å². The van der Waals surface area contributed by atoms with E-state index in [0.717, 1.165) is 5.56 Å². The third-order valence-corrected chi connectivity index (χ3v) is 3.23. The van der Waals surface area contributed by atoms with Crippen molar-refractivity contribution >= 4 is 17.6 Å². The Morgan fingerprint density at radius 2 is 2.00 bits per heavy atom. The van der Waals surface area contributed by atoms with E-state index >= 15 is 0 Å². The van der Waals surface area contributed by atoms with Crippen molar-refractivity contribution in [1.29, 1.82) is 0 Å². The van der Waals surface area contributed by atoms with Crippen molar-refractivity contribution in [3.63, 3.8) is 0 Å². The minimum absolute atomic E-state index is 0.236. The molecule has 1 unspecified atom stereocenters. The summed E-state index contributed by atoms with van der Waals surface area (Å²) in [7, 11) is 1.29. The van der Waals surface area contributed by atoms with Crippen LogP contribution in [-0.4, -0.2) is 13.1 Å². The summed E-state index contributed by atoms with van der Waals surface area (Å²) in [6, 6.07) is 12.8. The Balaban J connectivity index is 2.20. The van der Waals surface area contributed by atoms with Gasteiger partial charge in [0, 0.05) is 11.6 Å². The maximum Gasteiger partial charge on any atom is 0.327 e. The summed E-state index contributed by atoms with van der Waals surface area (Å²) in [5.41, 5.74) is 1.44. The van der Waals surface area contributed by atoms with Crippen molar-refractivity contribution in [3.05, 3.63) is 70.5 Å². The highest BCUT2D eigenvalue weighted by Crippen LogP contribution is 2.21. The Morgan fingerprint density at radius 1 is 1.29 bits per heavy atom. The fourth-order valence-corrected chi connectivity index (χ4v) is 2.24. The minimum Gasteiger partial charge on any atom is -0.468 e. The number of halogens is 2. The van der Waals surface area contributed by atoms with Crippen molar-refractivity contribution in [2.45, 2.75) is 12.6 Å². The summed E-state index contributed by atoms with van der Waals surface area (Å²) < 4.78 is 18.2. The van der Waals surface area contributed by atoms with E-state index in [-0.39, 0.29) is 5.02 Å². The predicted molar refractivity (Wildman–Crippen MR) is 79.4 cm³/mol. The number of benzene rings is 2. The smallest absolute Gasteiger partial charge is 0.327 e. The van der Waals surface area contributed by atoms with Crippen LogP contribution < -0.4 is 5.32 Å². The molecule has 2 aromatic rings. The van der Waals surface area contributed by atoms with Crippen LogP contribution in [0, 0.1) is 5.82 Å². The van der Waals surface area contributed by atoms with Crippen LogP contribution >= 0.6 is 11.6 Å². The molecule has 0 amide bonds. The van der Waals surface area contributed by atoms with E-state index in [4.69, 9.17) is 16.3 Å². The molecule has 5 heteroatoms. The second-order valence-electron chi connectivity index (χ2n) is 4.53. The molecule has 0 saturated heterocycles. The second kappa shape index (κ2) is 7.20. The van der Waals surface area contributed by atoms with Gasteiger partial charge in [-0.15, -0.1) is 0 Å². The molecule has 1 N–H and O–H groups in total. The van der Waals surface area contributed by atoms with Crippen LogP contribution in [-0.2, 0) is 16.1 Å². The molecule has 0 heterocycles. The number of nitrogens with one attached hydrogen (secondary N) is 1. The second-order valence-corrected chi connectivity index (χ2v) is 4.96. The Kier molecular flexibility index (Phi) is 5.31. The average molecular weight is 308 g/mol. The van der Waals surface area contributed by atoms with Crippen LogP contribution in [0.25, 0.3) is 0 Å². The number of rotatable bonds is 5. The Morgan fingerprint density at radius 3 is 2.62 bits per heavy atom. The maximum atomic E-state index is 13.5. The van der Waals surface area contributed by atoms with Gasteiger partial charge in [-0.1, -0.05) is 41.9 Å². The molecule has 3 nitrogen and oxygen atoms in total. The van der Waals surface area contributed by atoms with Crippen molar-refractivity contribution in [1.82, 2.24) is 5.32 Å². The summed E-state index contributed by atoms with van der Waals surface area (Å²) >= 11 is 5.84. The molecule has 0 aliphatic rings. The van der Waals surface area contributed by atoms with Gasteiger partial charge in [0.05, 0.1) is 7.11 Å². The third kappa shape index (κ3) is 4.28. The van der Waals surface area contributed by atoms with Crippen LogP contribution in [0.2, 0.25) is 5.02 Å². The molecule has 0 bridgehead atoms. The van der Waals surface area contributed by atoms with Gasteiger partial charge in [0.25, 0.3) is 0 Å². The number of methoxy groups -OCH3 is 1. The first-order valence-corrected chi connectivity index (χ1v) is 6.79. The molecule has 0 aliphatic carbocycles.